The molecule has 1 fully saturated rings. The molecule has 28 heavy (non-hydrogen) atoms. The van der Waals surface area contributed by atoms with Gasteiger partial charge in [0.25, 0.3) is 0 Å². The van der Waals surface area contributed by atoms with E-state index in [1.54, 1.807) is 6.33 Å². The second kappa shape index (κ2) is 7.24. The van der Waals surface area contributed by atoms with Gasteiger partial charge in [0.2, 0.25) is 0 Å². The highest BCUT2D eigenvalue weighted by Crippen LogP contribution is 2.36. The first-order chi connectivity index (χ1) is 13.8. The number of nitrogens with zero attached hydrogens (tertiary/aromatic N) is 5. The number of fused-ring (bicyclic) bond motifs is 2. The summed E-state index contributed by atoms with van der Waals surface area (Å²) in [4.78, 5) is 16.6. The Morgan fingerprint density at radius 3 is 2.39 bits per heavy atom. The van der Waals surface area contributed by atoms with E-state index >= 15 is 0 Å². The zero-order valence-electron chi connectivity index (χ0n) is 16.2. The third kappa shape index (κ3) is 3.45. The third-order valence-corrected chi connectivity index (χ3v) is 5.66. The van der Waals surface area contributed by atoms with Crippen LogP contribution in [-0.2, 0) is 19.6 Å². The fourth-order valence-electron chi connectivity index (χ4n) is 4.15. The van der Waals surface area contributed by atoms with E-state index in [9.17, 15) is 0 Å². The van der Waals surface area contributed by atoms with E-state index in [2.05, 4.69) is 87.4 Å². The minimum Gasteiger partial charge on any atom is -0.355 e. The molecule has 1 aromatic heterocycles. The minimum absolute atomic E-state index is 0.630. The quantitative estimate of drug-likeness (QED) is 0.643. The average molecular weight is 371 g/mol. The molecule has 5 nitrogen and oxygen atoms in total. The number of hydrogen-bond acceptors (Lipinski definition) is 5. The second-order valence-electron chi connectivity index (χ2n) is 7.79. The van der Waals surface area contributed by atoms with Crippen molar-refractivity contribution in [2.45, 2.75) is 25.7 Å². The van der Waals surface area contributed by atoms with Crippen LogP contribution in [0.2, 0.25) is 0 Å². The molecular formula is C23H25N5. The summed E-state index contributed by atoms with van der Waals surface area (Å²) in [5.41, 5.74) is 3.86. The van der Waals surface area contributed by atoms with E-state index in [4.69, 9.17) is 4.98 Å². The lowest BCUT2D eigenvalue weighted by atomic mass is 10.1. The van der Waals surface area contributed by atoms with Crippen molar-refractivity contribution in [3.05, 3.63) is 83.7 Å². The molecule has 2 aromatic carbocycles. The van der Waals surface area contributed by atoms with Crippen molar-refractivity contribution < 1.29 is 0 Å². The highest BCUT2D eigenvalue weighted by Gasteiger charge is 2.40. The van der Waals surface area contributed by atoms with Crippen LogP contribution >= 0.6 is 0 Å². The first-order valence-electron chi connectivity index (χ1n) is 9.90. The topological polar surface area (TPSA) is 35.3 Å². The molecule has 0 radical (unpaired) electrons. The van der Waals surface area contributed by atoms with Crippen LogP contribution in [0.4, 0.5) is 11.6 Å². The first kappa shape index (κ1) is 17.2. The molecule has 0 spiro atoms. The van der Waals surface area contributed by atoms with Gasteiger partial charge in [-0.2, -0.15) is 0 Å². The van der Waals surface area contributed by atoms with Gasteiger partial charge in [-0.1, -0.05) is 60.7 Å². The molecule has 5 heteroatoms. The van der Waals surface area contributed by atoms with Crippen LogP contribution in [0, 0.1) is 0 Å². The van der Waals surface area contributed by atoms with Gasteiger partial charge >= 0.3 is 0 Å². The Kier molecular flexibility index (Phi) is 4.45. The van der Waals surface area contributed by atoms with Crippen molar-refractivity contribution in [3.8, 4) is 0 Å². The molecule has 5 rings (SSSR count). The van der Waals surface area contributed by atoms with Gasteiger partial charge in [-0.05, 0) is 11.1 Å². The number of benzene rings is 2. The molecule has 0 amide bonds. The third-order valence-electron chi connectivity index (χ3n) is 5.66. The summed E-state index contributed by atoms with van der Waals surface area (Å²) < 4.78 is 0. The van der Waals surface area contributed by atoms with Crippen LogP contribution in [0.1, 0.15) is 16.7 Å². The van der Waals surface area contributed by atoms with Gasteiger partial charge in [0.05, 0.1) is 5.56 Å². The van der Waals surface area contributed by atoms with Gasteiger partial charge in [0.1, 0.15) is 18.0 Å². The summed E-state index contributed by atoms with van der Waals surface area (Å²) in [6.45, 7) is 4.85. The van der Waals surface area contributed by atoms with Crippen LogP contribution in [0.3, 0.4) is 0 Å². The fraction of sp³-hybridized carbons (Fsp3) is 0.304. The summed E-state index contributed by atoms with van der Waals surface area (Å²) in [6.07, 6.45) is 1.72. The number of rotatable bonds is 5. The Balaban J connectivity index is 1.47. The summed E-state index contributed by atoms with van der Waals surface area (Å²) in [5.74, 6) is 2.13. The van der Waals surface area contributed by atoms with Gasteiger partial charge < -0.3 is 9.80 Å². The largest absolute Gasteiger partial charge is 0.355 e. The molecule has 3 aromatic rings. The smallest absolute Gasteiger partial charge is 0.139 e. The summed E-state index contributed by atoms with van der Waals surface area (Å²) in [6, 6.07) is 21.9. The van der Waals surface area contributed by atoms with Crippen molar-refractivity contribution >= 4 is 11.6 Å². The highest BCUT2D eigenvalue weighted by molar-refractivity contribution is 5.61. The van der Waals surface area contributed by atoms with E-state index in [-0.39, 0.29) is 0 Å². The summed E-state index contributed by atoms with van der Waals surface area (Å²) >= 11 is 0. The van der Waals surface area contributed by atoms with Crippen molar-refractivity contribution in [1.82, 2.24) is 14.9 Å². The Bertz CT molecular complexity index is 944. The van der Waals surface area contributed by atoms with Crippen molar-refractivity contribution in [2.75, 3.05) is 29.9 Å². The van der Waals surface area contributed by atoms with Crippen LogP contribution in [0.5, 0.6) is 0 Å². The molecular weight excluding hydrogens is 346 g/mol. The van der Waals surface area contributed by atoms with Crippen molar-refractivity contribution in [1.29, 1.82) is 0 Å². The zero-order chi connectivity index (χ0) is 18.9. The standard InChI is InChI=1S/C23H25N5/c1-26(12-18-8-4-2-5-9-18)22-21-16-27-14-20(27)15-28(23(21)25-17-24-22)13-19-10-6-3-7-11-19/h2-11,17,20H,12-16H2,1H3/t20-,27?/m1/s1. The highest BCUT2D eigenvalue weighted by atomic mass is 15.4. The van der Waals surface area contributed by atoms with Crippen molar-refractivity contribution in [3.63, 3.8) is 0 Å². The van der Waals surface area contributed by atoms with Crippen molar-refractivity contribution in [2.24, 2.45) is 0 Å². The van der Waals surface area contributed by atoms with Gasteiger partial charge in [-0.3, -0.25) is 4.90 Å². The van der Waals surface area contributed by atoms with Crippen LogP contribution in [0.25, 0.3) is 0 Å². The first-order valence-corrected chi connectivity index (χ1v) is 9.90. The maximum Gasteiger partial charge on any atom is 0.139 e. The molecule has 0 N–H and O–H groups in total. The maximum atomic E-state index is 4.72. The molecule has 1 unspecified atom stereocenters. The molecule has 0 saturated carbocycles. The molecule has 0 aliphatic carbocycles. The van der Waals surface area contributed by atoms with Crippen LogP contribution < -0.4 is 9.80 Å². The Morgan fingerprint density at radius 2 is 1.64 bits per heavy atom. The van der Waals surface area contributed by atoms with Crippen LogP contribution in [0.15, 0.2) is 67.0 Å². The van der Waals surface area contributed by atoms with E-state index in [1.807, 2.05) is 0 Å². The maximum absolute atomic E-state index is 4.72. The normalized spacial score (nSPS) is 20.1. The number of aromatic nitrogens is 2. The van der Waals surface area contributed by atoms with Gasteiger partial charge in [0, 0.05) is 45.8 Å². The minimum atomic E-state index is 0.630. The molecule has 3 heterocycles. The van der Waals surface area contributed by atoms with Gasteiger partial charge in [-0.15, -0.1) is 0 Å². The zero-order valence-corrected chi connectivity index (χ0v) is 16.2. The molecule has 2 aliphatic rings. The molecule has 0 bridgehead atoms. The second-order valence-corrected chi connectivity index (χ2v) is 7.79. The van der Waals surface area contributed by atoms with E-state index in [0.717, 1.165) is 37.8 Å². The summed E-state index contributed by atoms with van der Waals surface area (Å²) in [7, 11) is 2.13. The average Bonchev–Trinajstić information content (AvgIpc) is 3.47. The Labute approximate surface area is 166 Å². The summed E-state index contributed by atoms with van der Waals surface area (Å²) in [5, 5.41) is 0. The SMILES string of the molecule is CN(Cc1ccccc1)c1ncnc2c1CN1C[C@@H]1CN2Cc1ccccc1. The number of anilines is 2. The predicted octanol–water partition coefficient (Wildman–Crippen LogP) is 3.32. The molecule has 2 aliphatic heterocycles. The molecule has 2 atom stereocenters. The Hall–Kier alpha value is -2.92. The van der Waals surface area contributed by atoms with Gasteiger partial charge in [0.15, 0.2) is 0 Å². The molecule has 1 saturated heterocycles. The fourth-order valence-corrected chi connectivity index (χ4v) is 4.15. The lowest BCUT2D eigenvalue weighted by molar-refractivity contribution is 0.510. The lowest BCUT2D eigenvalue weighted by Gasteiger charge is -2.27. The molecule has 142 valence electrons. The monoisotopic (exact) mass is 371 g/mol. The van der Waals surface area contributed by atoms with E-state index in [1.165, 1.54) is 23.2 Å². The van der Waals surface area contributed by atoms with Gasteiger partial charge in [-0.25, -0.2) is 9.97 Å². The van der Waals surface area contributed by atoms with E-state index < -0.39 is 0 Å². The van der Waals surface area contributed by atoms with Crippen LogP contribution in [-0.4, -0.2) is 41.0 Å². The predicted molar refractivity (Wildman–Crippen MR) is 112 cm³/mol. The lowest BCUT2D eigenvalue weighted by Crippen LogP contribution is -2.29. The number of hydrogen-bond donors (Lipinski definition) is 0. The van der Waals surface area contributed by atoms with E-state index in [0.29, 0.717) is 6.04 Å². The Morgan fingerprint density at radius 1 is 0.929 bits per heavy atom.